The van der Waals surface area contributed by atoms with Gasteiger partial charge in [-0.25, -0.2) is 0 Å². The van der Waals surface area contributed by atoms with Crippen LogP contribution < -0.4 is 21.1 Å². The van der Waals surface area contributed by atoms with E-state index >= 15 is 0 Å². The van der Waals surface area contributed by atoms with Crippen molar-refractivity contribution in [3.8, 4) is 5.75 Å². The lowest BCUT2D eigenvalue weighted by atomic mass is 9.83. The summed E-state index contributed by atoms with van der Waals surface area (Å²) >= 11 is 0. The number of methoxy groups -OCH3 is 1. The molecule has 0 aliphatic carbocycles. The van der Waals surface area contributed by atoms with E-state index in [0.717, 1.165) is 12.8 Å². The number of halogens is 1. The number of ether oxygens (including phenoxy) is 3. The van der Waals surface area contributed by atoms with E-state index in [9.17, 15) is 19.5 Å². The van der Waals surface area contributed by atoms with E-state index in [2.05, 4.69) is 24.5 Å². The molecule has 258 valence electrons. The molecule has 1 aromatic rings. The van der Waals surface area contributed by atoms with E-state index in [4.69, 9.17) is 19.9 Å². The van der Waals surface area contributed by atoms with Crippen LogP contribution in [0, 0.1) is 23.7 Å². The van der Waals surface area contributed by atoms with E-state index < -0.39 is 24.1 Å². The molecule has 1 aliphatic heterocycles. The van der Waals surface area contributed by atoms with Crippen LogP contribution in [-0.4, -0.2) is 99.1 Å². The Balaban J connectivity index is 0.0000101. The van der Waals surface area contributed by atoms with Crippen LogP contribution in [0.25, 0.3) is 0 Å². The van der Waals surface area contributed by atoms with Crippen molar-refractivity contribution in [1.82, 2.24) is 15.5 Å². The molecule has 45 heavy (non-hydrogen) atoms. The Morgan fingerprint density at radius 3 is 2.27 bits per heavy atom. The smallest absolute Gasteiger partial charge is 0.255 e. The summed E-state index contributed by atoms with van der Waals surface area (Å²) < 4.78 is 16.3. The van der Waals surface area contributed by atoms with Crippen molar-refractivity contribution < 1.29 is 33.7 Å². The number of benzene rings is 1. The van der Waals surface area contributed by atoms with Crippen LogP contribution in [0.15, 0.2) is 24.3 Å². The second-order valence-electron chi connectivity index (χ2n) is 12.5. The molecule has 12 heteroatoms. The topological polar surface area (TPSA) is 152 Å². The van der Waals surface area contributed by atoms with Gasteiger partial charge in [0, 0.05) is 45.3 Å². The van der Waals surface area contributed by atoms with Crippen LogP contribution in [-0.2, 0) is 19.1 Å². The predicted octanol–water partition coefficient (Wildman–Crippen LogP) is 3.02. The van der Waals surface area contributed by atoms with Crippen molar-refractivity contribution in [3.05, 3.63) is 29.8 Å². The van der Waals surface area contributed by atoms with Gasteiger partial charge in [0.1, 0.15) is 11.8 Å². The number of nitrogens with zero attached hydrogens (tertiary/aromatic N) is 1. The quantitative estimate of drug-likeness (QED) is 0.166. The fraction of sp³-hybridized carbons (Fsp3) is 0.727. The van der Waals surface area contributed by atoms with Crippen molar-refractivity contribution in [2.45, 2.75) is 78.5 Å². The Hall–Kier alpha value is -2.44. The van der Waals surface area contributed by atoms with Crippen LogP contribution in [0.5, 0.6) is 5.75 Å². The highest BCUT2D eigenvalue weighted by Crippen LogP contribution is 2.24. The van der Waals surface area contributed by atoms with Gasteiger partial charge in [-0.05, 0) is 62.5 Å². The van der Waals surface area contributed by atoms with Gasteiger partial charge in [0.15, 0.2) is 0 Å². The number of unbranched alkanes of at least 4 members (excludes halogenated alkanes) is 1. The number of carbonyl (C=O) groups is 3. The van der Waals surface area contributed by atoms with Gasteiger partial charge in [-0.15, -0.1) is 12.4 Å². The molecule has 1 heterocycles. The van der Waals surface area contributed by atoms with Gasteiger partial charge in [0.25, 0.3) is 5.91 Å². The minimum atomic E-state index is -0.928. The molecule has 1 fully saturated rings. The zero-order chi connectivity index (χ0) is 32.6. The zero-order valence-electron chi connectivity index (χ0n) is 28.0. The van der Waals surface area contributed by atoms with E-state index in [0.29, 0.717) is 63.8 Å². The SMILES string of the molecule is COCCCCOc1ccccc1C(=O)NC[C@@H](C[C@H](N)[C@@H](O)C[C@H](C(=O)N[C@@H](C)C(=O)N1CCOCC1)C(C)C)C(C)C.Cl. The average Bonchev–Trinajstić information content (AvgIpc) is 3.01. The minimum Gasteiger partial charge on any atom is -0.493 e. The van der Waals surface area contributed by atoms with E-state index in [1.165, 1.54) is 0 Å². The Morgan fingerprint density at radius 2 is 1.64 bits per heavy atom. The van der Waals surface area contributed by atoms with Crippen molar-refractivity contribution >= 4 is 30.1 Å². The van der Waals surface area contributed by atoms with E-state index in [-0.39, 0.29) is 54.3 Å². The molecule has 0 unspecified atom stereocenters. The summed E-state index contributed by atoms with van der Waals surface area (Å²) in [5.41, 5.74) is 6.96. The summed E-state index contributed by atoms with van der Waals surface area (Å²) in [6.45, 7) is 13.2. The highest BCUT2D eigenvalue weighted by atomic mass is 35.5. The monoisotopic (exact) mass is 656 g/mol. The first-order valence-electron chi connectivity index (χ1n) is 16.1. The summed E-state index contributed by atoms with van der Waals surface area (Å²) in [4.78, 5) is 40.8. The molecular formula is C33H57ClN4O7. The molecule has 0 radical (unpaired) electrons. The Kier molecular flexibility index (Phi) is 19.3. The Labute approximate surface area is 275 Å². The number of nitrogens with two attached hydrogens (primary N) is 1. The number of morpholine rings is 1. The van der Waals surface area contributed by atoms with Gasteiger partial charge in [-0.3, -0.25) is 14.4 Å². The number of hydrogen-bond acceptors (Lipinski definition) is 8. The van der Waals surface area contributed by atoms with Gasteiger partial charge in [-0.2, -0.15) is 0 Å². The molecule has 5 N–H and O–H groups in total. The molecule has 11 nitrogen and oxygen atoms in total. The van der Waals surface area contributed by atoms with Gasteiger partial charge >= 0.3 is 0 Å². The van der Waals surface area contributed by atoms with Gasteiger partial charge < -0.3 is 40.6 Å². The van der Waals surface area contributed by atoms with Crippen LogP contribution >= 0.6 is 12.4 Å². The molecule has 5 atom stereocenters. The summed E-state index contributed by atoms with van der Waals surface area (Å²) in [6, 6.07) is 5.91. The molecule has 0 saturated carbocycles. The molecule has 2 rings (SSSR count). The molecule has 1 aliphatic rings. The summed E-state index contributed by atoms with van der Waals surface area (Å²) in [5, 5.41) is 17.0. The summed E-state index contributed by atoms with van der Waals surface area (Å²) in [5.74, 6) is -0.485. The second kappa shape index (κ2) is 21.4. The first kappa shape index (κ1) is 40.6. The van der Waals surface area contributed by atoms with Crippen molar-refractivity contribution in [2.75, 3.05) is 53.2 Å². The standard InChI is InChI=1S/C33H56N4O7.ClH/c1-22(2)25(21-35-31(39)26-11-7-8-12-30(26)44-16-10-9-15-42-6)19-28(34)29(38)20-27(23(3)4)32(40)36-24(5)33(41)37-13-17-43-18-14-37;/h7-8,11-12,22-25,27-29,38H,9-10,13-21,34H2,1-6H3,(H,35,39)(H,36,40);1H/t24-,25+,27-,28-,29-;/m0./s1. The van der Waals surface area contributed by atoms with Crippen LogP contribution in [0.2, 0.25) is 0 Å². The van der Waals surface area contributed by atoms with Crippen molar-refractivity contribution in [3.63, 3.8) is 0 Å². The van der Waals surface area contributed by atoms with Crippen LogP contribution in [0.1, 0.15) is 70.7 Å². The molecule has 0 bridgehead atoms. The third kappa shape index (κ3) is 13.8. The number of aliphatic hydroxyl groups excluding tert-OH is 1. The van der Waals surface area contributed by atoms with Gasteiger partial charge in [-0.1, -0.05) is 39.8 Å². The van der Waals surface area contributed by atoms with Crippen LogP contribution in [0.4, 0.5) is 0 Å². The second-order valence-corrected chi connectivity index (χ2v) is 12.5. The zero-order valence-corrected chi connectivity index (χ0v) is 28.8. The first-order chi connectivity index (χ1) is 21.0. The molecule has 3 amide bonds. The lowest BCUT2D eigenvalue weighted by molar-refractivity contribution is -0.140. The lowest BCUT2D eigenvalue weighted by Gasteiger charge is -2.32. The maximum atomic E-state index is 13.2. The summed E-state index contributed by atoms with van der Waals surface area (Å²) in [7, 11) is 1.67. The van der Waals surface area contributed by atoms with E-state index in [1.807, 2.05) is 19.9 Å². The normalized spacial score (nSPS) is 16.7. The Bertz CT molecular complexity index is 1020. The number of aliphatic hydroxyl groups is 1. The maximum Gasteiger partial charge on any atom is 0.255 e. The van der Waals surface area contributed by atoms with Crippen LogP contribution in [0.3, 0.4) is 0 Å². The number of rotatable bonds is 19. The summed E-state index contributed by atoms with van der Waals surface area (Å²) in [6.07, 6.45) is 1.42. The largest absolute Gasteiger partial charge is 0.493 e. The molecule has 1 saturated heterocycles. The highest BCUT2D eigenvalue weighted by molar-refractivity contribution is 5.96. The minimum absolute atomic E-state index is 0. The molecule has 0 spiro atoms. The number of para-hydroxylation sites is 1. The first-order valence-corrected chi connectivity index (χ1v) is 16.1. The number of carbonyl (C=O) groups excluding carboxylic acids is 3. The number of hydrogen-bond donors (Lipinski definition) is 4. The molecule has 1 aromatic carbocycles. The fourth-order valence-corrected chi connectivity index (χ4v) is 5.28. The van der Waals surface area contributed by atoms with E-state index in [1.54, 1.807) is 37.1 Å². The lowest BCUT2D eigenvalue weighted by Crippen LogP contribution is -2.52. The Morgan fingerprint density at radius 1 is 1.00 bits per heavy atom. The fourth-order valence-electron chi connectivity index (χ4n) is 5.28. The third-order valence-corrected chi connectivity index (χ3v) is 8.36. The van der Waals surface area contributed by atoms with Crippen molar-refractivity contribution in [1.29, 1.82) is 0 Å². The average molecular weight is 657 g/mol. The number of nitrogens with one attached hydrogen (secondary N) is 2. The maximum absolute atomic E-state index is 13.2. The predicted molar refractivity (Wildman–Crippen MR) is 178 cm³/mol. The molecular weight excluding hydrogens is 600 g/mol. The molecule has 0 aromatic heterocycles. The third-order valence-electron chi connectivity index (χ3n) is 8.36. The van der Waals surface area contributed by atoms with Gasteiger partial charge in [0.2, 0.25) is 11.8 Å². The van der Waals surface area contributed by atoms with Crippen molar-refractivity contribution in [2.24, 2.45) is 29.4 Å². The van der Waals surface area contributed by atoms with Gasteiger partial charge in [0.05, 0.1) is 31.5 Å². The number of amides is 3. The highest BCUT2D eigenvalue weighted by Gasteiger charge is 2.32.